The fraction of sp³-hybridized carbons (Fsp3) is 0.818. The lowest BCUT2D eigenvalue weighted by Crippen LogP contribution is -2.46. The van der Waals surface area contributed by atoms with Gasteiger partial charge in [-0.05, 0) is 25.7 Å². The van der Waals surface area contributed by atoms with Crippen LogP contribution in [0, 0.1) is 0 Å². The van der Waals surface area contributed by atoms with E-state index in [-0.39, 0.29) is 17.7 Å². The van der Waals surface area contributed by atoms with Gasteiger partial charge in [-0.25, -0.2) is 0 Å². The minimum atomic E-state index is -0.607. The summed E-state index contributed by atoms with van der Waals surface area (Å²) < 4.78 is 21.5. The third kappa shape index (κ3) is 22.9. The zero-order chi connectivity index (χ0) is 24.6. The van der Waals surface area contributed by atoms with Gasteiger partial charge in [-0.1, -0.05) is 0 Å². The molecule has 0 spiro atoms. The van der Waals surface area contributed by atoms with Gasteiger partial charge >= 0.3 is 0 Å². The second-order valence-electron chi connectivity index (χ2n) is 7.28. The molecule has 0 fully saturated rings. The van der Waals surface area contributed by atoms with E-state index >= 15 is 0 Å². The van der Waals surface area contributed by atoms with Gasteiger partial charge < -0.3 is 39.7 Å². The van der Waals surface area contributed by atoms with Gasteiger partial charge in [-0.15, -0.1) is 0 Å². The van der Waals surface area contributed by atoms with Crippen molar-refractivity contribution in [2.24, 2.45) is 0 Å². The van der Waals surface area contributed by atoms with E-state index in [1.54, 1.807) is 0 Å². The van der Waals surface area contributed by atoms with E-state index in [0.717, 1.165) is 19.1 Å². The molecule has 11 nitrogen and oxygen atoms in total. The van der Waals surface area contributed by atoms with Crippen LogP contribution in [0.2, 0.25) is 0 Å². The van der Waals surface area contributed by atoms with E-state index in [9.17, 15) is 19.2 Å². The molecule has 0 aliphatic carbocycles. The molecular weight excluding hydrogens is 434 g/mol. The highest BCUT2D eigenvalue weighted by Crippen LogP contribution is 2.01. The maximum absolute atomic E-state index is 12.3. The van der Waals surface area contributed by atoms with Gasteiger partial charge in [0.15, 0.2) is 0 Å². The highest BCUT2D eigenvalue weighted by atomic mass is 16.6. The van der Waals surface area contributed by atoms with Crippen LogP contribution in [0.15, 0.2) is 0 Å². The van der Waals surface area contributed by atoms with Gasteiger partial charge in [-0.2, -0.15) is 0 Å². The number of aldehydes is 1. The highest BCUT2D eigenvalue weighted by molar-refractivity contribution is 5.86. The molecule has 0 aromatic rings. The summed E-state index contributed by atoms with van der Waals surface area (Å²) >= 11 is 0. The molecule has 192 valence electrons. The summed E-state index contributed by atoms with van der Waals surface area (Å²) in [5.74, 6) is -0.611. The van der Waals surface area contributed by atoms with Crippen LogP contribution in [-0.2, 0) is 38.1 Å². The van der Waals surface area contributed by atoms with Crippen molar-refractivity contribution >= 4 is 24.0 Å². The lowest BCUT2D eigenvalue weighted by Gasteiger charge is -2.17. The average Bonchev–Trinajstić information content (AvgIpc) is 2.77. The van der Waals surface area contributed by atoms with Gasteiger partial charge in [0, 0.05) is 40.0 Å². The molecular formula is C22H41N3O8. The van der Waals surface area contributed by atoms with E-state index in [0.29, 0.717) is 85.2 Å². The number of amides is 3. The monoisotopic (exact) mass is 475 g/mol. The van der Waals surface area contributed by atoms with Crippen LogP contribution in [0.5, 0.6) is 0 Å². The Bertz CT molecular complexity index is 534. The third-order valence-electron chi connectivity index (χ3n) is 4.26. The molecule has 0 saturated carbocycles. The van der Waals surface area contributed by atoms with Gasteiger partial charge in [-0.3, -0.25) is 14.4 Å². The molecule has 0 radical (unpaired) electrons. The first-order valence-corrected chi connectivity index (χ1v) is 11.5. The zero-order valence-corrected chi connectivity index (χ0v) is 20.0. The molecule has 0 aromatic heterocycles. The van der Waals surface area contributed by atoms with Crippen LogP contribution < -0.4 is 16.0 Å². The predicted molar refractivity (Wildman–Crippen MR) is 122 cm³/mol. The van der Waals surface area contributed by atoms with Gasteiger partial charge in [0.1, 0.15) is 12.3 Å². The topological polar surface area (TPSA) is 141 Å². The summed E-state index contributed by atoms with van der Waals surface area (Å²) in [6, 6.07) is -0.607. The SMILES string of the molecule is CC(=O)NCCCCC(NC(C)=O)C(=O)NCCOCCOCCOCCOCCCC=O. The summed E-state index contributed by atoms with van der Waals surface area (Å²) in [4.78, 5) is 44.6. The number of carbonyl (C=O) groups is 4. The van der Waals surface area contributed by atoms with E-state index in [1.165, 1.54) is 13.8 Å². The number of unbranched alkanes of at least 4 members (excludes halogenated alkanes) is 2. The van der Waals surface area contributed by atoms with Gasteiger partial charge in [0.05, 0.1) is 46.2 Å². The first-order chi connectivity index (χ1) is 16.0. The quantitative estimate of drug-likeness (QED) is 0.138. The number of rotatable bonds is 23. The molecule has 0 heterocycles. The van der Waals surface area contributed by atoms with Crippen molar-refractivity contribution in [2.75, 3.05) is 65.9 Å². The molecule has 0 aliphatic rings. The minimum absolute atomic E-state index is 0.0883. The summed E-state index contributed by atoms with van der Waals surface area (Å²) in [7, 11) is 0. The predicted octanol–water partition coefficient (Wildman–Crippen LogP) is -0.0408. The Hall–Kier alpha value is -2.08. The second kappa shape index (κ2) is 23.1. The molecule has 1 atom stereocenters. The normalized spacial score (nSPS) is 11.6. The standard InChI is InChI=1S/C22H41N3O8/c1-19(27)23-8-4-3-7-21(25-20(2)28)22(29)24-9-12-31-14-16-33-18-17-32-15-13-30-11-6-5-10-26/h10,21H,3-9,11-18H2,1-2H3,(H,23,27)(H,24,29)(H,25,28). The van der Waals surface area contributed by atoms with Crippen molar-refractivity contribution in [1.29, 1.82) is 0 Å². The summed E-state index contributed by atoms with van der Waals surface area (Å²) in [5, 5.41) is 8.11. The van der Waals surface area contributed by atoms with E-state index in [4.69, 9.17) is 18.9 Å². The Balaban J connectivity index is 3.61. The number of nitrogens with one attached hydrogen (secondary N) is 3. The smallest absolute Gasteiger partial charge is 0.242 e. The van der Waals surface area contributed by atoms with Crippen molar-refractivity contribution in [1.82, 2.24) is 16.0 Å². The lowest BCUT2D eigenvalue weighted by atomic mass is 10.1. The largest absolute Gasteiger partial charge is 0.379 e. The third-order valence-corrected chi connectivity index (χ3v) is 4.26. The van der Waals surface area contributed by atoms with Crippen molar-refractivity contribution in [2.45, 2.75) is 52.0 Å². The van der Waals surface area contributed by atoms with Crippen molar-refractivity contribution in [3.8, 4) is 0 Å². The Morgan fingerprint density at radius 1 is 0.697 bits per heavy atom. The Morgan fingerprint density at radius 2 is 1.27 bits per heavy atom. The van der Waals surface area contributed by atoms with E-state index in [1.807, 2.05) is 0 Å². The number of hydrogen-bond acceptors (Lipinski definition) is 8. The Labute approximate surface area is 196 Å². The fourth-order valence-electron chi connectivity index (χ4n) is 2.65. The maximum atomic E-state index is 12.3. The Kier molecular flexibility index (Phi) is 21.6. The Morgan fingerprint density at radius 3 is 1.82 bits per heavy atom. The van der Waals surface area contributed by atoms with Gasteiger partial charge in [0.2, 0.25) is 17.7 Å². The van der Waals surface area contributed by atoms with Crippen LogP contribution in [0.4, 0.5) is 0 Å². The number of ether oxygens (including phenoxy) is 4. The van der Waals surface area contributed by atoms with Crippen LogP contribution in [-0.4, -0.2) is 96.0 Å². The second-order valence-corrected chi connectivity index (χ2v) is 7.28. The minimum Gasteiger partial charge on any atom is -0.379 e. The average molecular weight is 476 g/mol. The van der Waals surface area contributed by atoms with Crippen molar-refractivity contribution in [3.63, 3.8) is 0 Å². The zero-order valence-electron chi connectivity index (χ0n) is 20.0. The van der Waals surface area contributed by atoms with Crippen LogP contribution >= 0.6 is 0 Å². The summed E-state index contributed by atoms with van der Waals surface area (Å²) in [5.41, 5.74) is 0. The molecule has 11 heteroatoms. The number of hydrogen-bond donors (Lipinski definition) is 3. The molecule has 0 saturated heterocycles. The van der Waals surface area contributed by atoms with E-state index in [2.05, 4.69) is 16.0 Å². The summed E-state index contributed by atoms with van der Waals surface area (Å²) in [6.07, 6.45) is 4.05. The summed E-state index contributed by atoms with van der Waals surface area (Å²) in [6.45, 7) is 7.30. The molecule has 0 rings (SSSR count). The van der Waals surface area contributed by atoms with Crippen molar-refractivity contribution < 1.29 is 38.1 Å². The highest BCUT2D eigenvalue weighted by Gasteiger charge is 2.18. The molecule has 0 aromatic carbocycles. The molecule has 0 bridgehead atoms. The maximum Gasteiger partial charge on any atom is 0.242 e. The van der Waals surface area contributed by atoms with Gasteiger partial charge in [0.25, 0.3) is 0 Å². The fourth-order valence-corrected chi connectivity index (χ4v) is 2.65. The number of carbonyl (C=O) groups excluding carboxylic acids is 4. The van der Waals surface area contributed by atoms with Crippen LogP contribution in [0.25, 0.3) is 0 Å². The van der Waals surface area contributed by atoms with Crippen LogP contribution in [0.3, 0.4) is 0 Å². The molecule has 3 N–H and O–H groups in total. The van der Waals surface area contributed by atoms with Crippen LogP contribution in [0.1, 0.15) is 46.0 Å². The first kappa shape index (κ1) is 30.9. The molecule has 33 heavy (non-hydrogen) atoms. The van der Waals surface area contributed by atoms with E-state index < -0.39 is 6.04 Å². The molecule has 1 unspecified atom stereocenters. The first-order valence-electron chi connectivity index (χ1n) is 11.5. The lowest BCUT2D eigenvalue weighted by molar-refractivity contribution is -0.128. The molecule has 3 amide bonds. The van der Waals surface area contributed by atoms with Crippen molar-refractivity contribution in [3.05, 3.63) is 0 Å². The molecule has 0 aliphatic heterocycles.